The van der Waals surface area contributed by atoms with Gasteiger partial charge in [0.2, 0.25) is 5.91 Å². The van der Waals surface area contributed by atoms with Gasteiger partial charge < -0.3 is 10.4 Å². The van der Waals surface area contributed by atoms with Crippen LogP contribution in [0.15, 0.2) is 53.4 Å². The summed E-state index contributed by atoms with van der Waals surface area (Å²) in [6, 6.07) is 14.9. The van der Waals surface area contributed by atoms with E-state index in [1.54, 1.807) is 18.2 Å². The molecular weight excluding hydrogens is 282 g/mol. The molecule has 0 saturated heterocycles. The van der Waals surface area contributed by atoms with Gasteiger partial charge in [-0.3, -0.25) is 4.79 Å². The van der Waals surface area contributed by atoms with E-state index in [1.165, 1.54) is 17.3 Å². The first-order chi connectivity index (χ1) is 10.2. The molecule has 0 radical (unpaired) electrons. The van der Waals surface area contributed by atoms with E-state index in [2.05, 4.69) is 12.2 Å². The number of anilines is 1. The lowest BCUT2D eigenvalue weighted by Crippen LogP contribution is -2.13. The Morgan fingerprint density at radius 3 is 2.52 bits per heavy atom. The Balaban J connectivity index is 1.85. The fourth-order valence-electron chi connectivity index (χ4n) is 1.96. The van der Waals surface area contributed by atoms with Gasteiger partial charge in [-0.15, -0.1) is 11.8 Å². The first kappa shape index (κ1) is 15.4. The smallest absolute Gasteiger partial charge is 0.234 e. The van der Waals surface area contributed by atoms with Crippen LogP contribution in [0, 0.1) is 0 Å². The van der Waals surface area contributed by atoms with Crippen molar-refractivity contribution in [3.63, 3.8) is 0 Å². The molecule has 0 aliphatic heterocycles. The molecule has 2 N–H and O–H groups in total. The Kier molecular flexibility index (Phi) is 5.69. The quantitative estimate of drug-likeness (QED) is 0.791. The zero-order chi connectivity index (χ0) is 15.1. The van der Waals surface area contributed by atoms with Gasteiger partial charge in [0.25, 0.3) is 0 Å². The number of rotatable bonds is 6. The van der Waals surface area contributed by atoms with Gasteiger partial charge in [0.1, 0.15) is 5.75 Å². The molecule has 2 aromatic rings. The second kappa shape index (κ2) is 7.74. The average molecular weight is 301 g/mol. The summed E-state index contributed by atoms with van der Waals surface area (Å²) >= 11 is 1.32. The number of para-hydroxylation sites is 1. The van der Waals surface area contributed by atoms with Gasteiger partial charge in [0.05, 0.1) is 5.75 Å². The molecule has 21 heavy (non-hydrogen) atoms. The van der Waals surface area contributed by atoms with E-state index in [1.807, 2.05) is 30.3 Å². The van der Waals surface area contributed by atoms with Gasteiger partial charge in [-0.05, 0) is 36.2 Å². The van der Waals surface area contributed by atoms with Crippen molar-refractivity contribution in [2.24, 2.45) is 0 Å². The maximum Gasteiger partial charge on any atom is 0.234 e. The van der Waals surface area contributed by atoms with E-state index >= 15 is 0 Å². The molecular formula is C17H19NO2S. The number of carbonyl (C=O) groups is 1. The van der Waals surface area contributed by atoms with Crippen molar-refractivity contribution in [1.29, 1.82) is 0 Å². The fourth-order valence-corrected chi connectivity index (χ4v) is 2.71. The van der Waals surface area contributed by atoms with Crippen LogP contribution >= 0.6 is 11.8 Å². The summed E-state index contributed by atoms with van der Waals surface area (Å²) in [5, 5.41) is 12.5. The molecule has 3 nitrogen and oxygen atoms in total. The molecule has 0 bridgehead atoms. The van der Waals surface area contributed by atoms with Gasteiger partial charge in [-0.1, -0.05) is 37.6 Å². The van der Waals surface area contributed by atoms with Gasteiger partial charge in [0.15, 0.2) is 0 Å². The van der Waals surface area contributed by atoms with Crippen LogP contribution < -0.4 is 5.32 Å². The second-order valence-corrected chi connectivity index (χ2v) is 5.77. The normalized spacial score (nSPS) is 10.3. The summed E-state index contributed by atoms with van der Waals surface area (Å²) in [4.78, 5) is 12.6. The summed E-state index contributed by atoms with van der Waals surface area (Å²) in [6.45, 7) is 2.14. The third kappa shape index (κ3) is 4.83. The summed E-state index contributed by atoms with van der Waals surface area (Å²) in [6.07, 6.45) is 2.17. The third-order valence-corrected chi connectivity index (χ3v) is 4.06. The van der Waals surface area contributed by atoms with Crippen LogP contribution in [0.4, 0.5) is 5.69 Å². The van der Waals surface area contributed by atoms with E-state index in [9.17, 15) is 9.90 Å². The van der Waals surface area contributed by atoms with Crippen LogP contribution in [0.1, 0.15) is 18.9 Å². The Hall–Kier alpha value is -1.94. The minimum Gasteiger partial charge on any atom is -0.507 e. The lowest BCUT2D eigenvalue weighted by atomic mass is 10.1. The lowest BCUT2D eigenvalue weighted by Gasteiger charge is -2.07. The zero-order valence-electron chi connectivity index (χ0n) is 12.0. The average Bonchev–Trinajstić information content (AvgIpc) is 2.49. The minimum absolute atomic E-state index is 0.0773. The fraction of sp³-hybridized carbons (Fsp3) is 0.235. The summed E-state index contributed by atoms with van der Waals surface area (Å²) in [5.74, 6) is 0.402. The standard InChI is InChI=1S/C17H19NO2S/c1-2-5-13-8-10-14(11-9-13)18-17(20)12-21-16-7-4-3-6-15(16)19/h3-4,6-11,19H,2,5,12H2,1H3,(H,18,20). The molecule has 0 heterocycles. The van der Waals surface area contributed by atoms with E-state index in [4.69, 9.17) is 0 Å². The molecule has 0 aromatic heterocycles. The van der Waals surface area contributed by atoms with Gasteiger partial charge in [0, 0.05) is 10.6 Å². The van der Waals surface area contributed by atoms with E-state index in [0.717, 1.165) is 18.5 Å². The second-order valence-electron chi connectivity index (χ2n) is 4.75. The van der Waals surface area contributed by atoms with Crippen molar-refractivity contribution in [3.05, 3.63) is 54.1 Å². The molecule has 110 valence electrons. The Labute approximate surface area is 129 Å². The van der Waals surface area contributed by atoms with Crippen LogP contribution in [-0.4, -0.2) is 16.8 Å². The first-order valence-corrected chi connectivity index (χ1v) is 7.97. The predicted molar refractivity (Wildman–Crippen MR) is 87.9 cm³/mol. The molecule has 0 aliphatic rings. The number of aromatic hydroxyl groups is 1. The first-order valence-electron chi connectivity index (χ1n) is 6.98. The van der Waals surface area contributed by atoms with Crippen LogP contribution in [0.3, 0.4) is 0 Å². The number of aryl methyl sites for hydroxylation is 1. The summed E-state index contributed by atoms with van der Waals surface area (Å²) in [5.41, 5.74) is 2.08. The summed E-state index contributed by atoms with van der Waals surface area (Å²) < 4.78 is 0. The lowest BCUT2D eigenvalue weighted by molar-refractivity contribution is -0.113. The molecule has 1 amide bonds. The van der Waals surface area contributed by atoms with E-state index < -0.39 is 0 Å². The van der Waals surface area contributed by atoms with Gasteiger partial charge in [-0.25, -0.2) is 0 Å². The van der Waals surface area contributed by atoms with Crippen LogP contribution in [0.25, 0.3) is 0 Å². The molecule has 0 unspecified atom stereocenters. The number of carbonyl (C=O) groups excluding carboxylic acids is 1. The van der Waals surface area contributed by atoms with Crippen LogP contribution in [-0.2, 0) is 11.2 Å². The molecule has 0 saturated carbocycles. The van der Waals surface area contributed by atoms with Crippen molar-refractivity contribution >= 4 is 23.4 Å². The number of thioether (sulfide) groups is 1. The number of phenolic OH excluding ortho intramolecular Hbond substituents is 1. The SMILES string of the molecule is CCCc1ccc(NC(=O)CSc2ccccc2O)cc1. The molecule has 0 spiro atoms. The number of hydrogen-bond donors (Lipinski definition) is 2. The Morgan fingerprint density at radius 1 is 1.14 bits per heavy atom. The Morgan fingerprint density at radius 2 is 1.86 bits per heavy atom. The predicted octanol–water partition coefficient (Wildman–Crippen LogP) is 4.08. The van der Waals surface area contributed by atoms with Crippen molar-refractivity contribution < 1.29 is 9.90 Å². The van der Waals surface area contributed by atoms with Crippen molar-refractivity contribution in [2.75, 3.05) is 11.1 Å². The highest BCUT2D eigenvalue weighted by Crippen LogP contribution is 2.27. The third-order valence-electron chi connectivity index (χ3n) is 3.00. The molecule has 0 fully saturated rings. The number of phenols is 1. The van der Waals surface area contributed by atoms with Crippen LogP contribution in [0.2, 0.25) is 0 Å². The van der Waals surface area contributed by atoms with Gasteiger partial charge >= 0.3 is 0 Å². The highest BCUT2D eigenvalue weighted by Gasteiger charge is 2.06. The van der Waals surface area contributed by atoms with Crippen molar-refractivity contribution in [3.8, 4) is 5.75 Å². The number of benzene rings is 2. The number of nitrogens with one attached hydrogen (secondary N) is 1. The molecule has 0 aliphatic carbocycles. The Bertz CT molecular complexity index is 596. The van der Waals surface area contributed by atoms with Crippen molar-refractivity contribution in [2.45, 2.75) is 24.7 Å². The van der Waals surface area contributed by atoms with Gasteiger partial charge in [-0.2, -0.15) is 0 Å². The highest BCUT2D eigenvalue weighted by atomic mass is 32.2. The summed E-state index contributed by atoms with van der Waals surface area (Å²) in [7, 11) is 0. The highest BCUT2D eigenvalue weighted by molar-refractivity contribution is 8.00. The maximum absolute atomic E-state index is 11.9. The monoisotopic (exact) mass is 301 g/mol. The maximum atomic E-state index is 11.9. The minimum atomic E-state index is -0.0773. The number of hydrogen-bond acceptors (Lipinski definition) is 3. The van der Waals surface area contributed by atoms with E-state index in [0.29, 0.717) is 4.90 Å². The molecule has 0 atom stereocenters. The topological polar surface area (TPSA) is 49.3 Å². The molecule has 4 heteroatoms. The largest absolute Gasteiger partial charge is 0.507 e. The van der Waals surface area contributed by atoms with Crippen molar-refractivity contribution in [1.82, 2.24) is 0 Å². The zero-order valence-corrected chi connectivity index (χ0v) is 12.8. The molecule has 2 rings (SSSR count). The van der Waals surface area contributed by atoms with E-state index in [-0.39, 0.29) is 17.4 Å². The number of amides is 1. The van der Waals surface area contributed by atoms with Crippen LogP contribution in [0.5, 0.6) is 5.75 Å². The molecule has 2 aromatic carbocycles.